The minimum absolute atomic E-state index is 0.0880. The zero-order valence-electron chi connectivity index (χ0n) is 16.6. The minimum atomic E-state index is -0.602. The Bertz CT molecular complexity index is 855. The molecule has 0 atom stereocenters. The summed E-state index contributed by atoms with van der Waals surface area (Å²) in [4.78, 5) is 24.2. The summed E-state index contributed by atoms with van der Waals surface area (Å²) in [5.74, 6) is -1.56. The van der Waals surface area contributed by atoms with Gasteiger partial charge in [-0.25, -0.2) is 4.39 Å². The van der Waals surface area contributed by atoms with Crippen molar-refractivity contribution >= 4 is 23.2 Å². The molecule has 0 aliphatic heterocycles. The molecule has 7 heteroatoms. The molecule has 1 fully saturated rings. The Labute approximate surface area is 170 Å². The fourth-order valence-corrected chi connectivity index (χ4v) is 3.20. The Morgan fingerprint density at radius 1 is 1.21 bits per heavy atom. The number of nitrogens with one attached hydrogen (secondary N) is 4. The Hall–Kier alpha value is -3.09. The van der Waals surface area contributed by atoms with Crippen molar-refractivity contribution in [1.82, 2.24) is 10.6 Å². The molecule has 0 radical (unpaired) electrons. The molecule has 1 saturated carbocycles. The quantitative estimate of drug-likeness (QED) is 0.398. The van der Waals surface area contributed by atoms with Gasteiger partial charge in [0.2, 0.25) is 0 Å². The van der Waals surface area contributed by atoms with Crippen LogP contribution in [0.15, 0.2) is 36.9 Å². The smallest absolute Gasteiger partial charge is 0.269 e. The predicted octanol–water partition coefficient (Wildman–Crippen LogP) is 3.44. The molecule has 29 heavy (non-hydrogen) atoms. The van der Waals surface area contributed by atoms with Crippen LogP contribution >= 0.6 is 0 Å². The van der Waals surface area contributed by atoms with Gasteiger partial charge in [0.1, 0.15) is 11.5 Å². The molecule has 0 aromatic heterocycles. The lowest BCUT2D eigenvalue weighted by Gasteiger charge is -2.22. The van der Waals surface area contributed by atoms with Gasteiger partial charge in [-0.15, -0.1) is 6.58 Å². The first-order chi connectivity index (χ1) is 13.8. The van der Waals surface area contributed by atoms with E-state index in [1.807, 2.05) is 0 Å². The van der Waals surface area contributed by atoms with Gasteiger partial charge in [-0.3, -0.25) is 15.0 Å². The van der Waals surface area contributed by atoms with Crippen LogP contribution < -0.4 is 10.6 Å². The van der Waals surface area contributed by atoms with E-state index >= 15 is 0 Å². The molecule has 0 unspecified atom stereocenters. The number of halogens is 1. The molecule has 154 valence electrons. The zero-order valence-corrected chi connectivity index (χ0v) is 16.6. The van der Waals surface area contributed by atoms with Gasteiger partial charge < -0.3 is 16.0 Å². The fraction of sp³-hybridized carbons (Fsp3) is 0.364. The maximum Gasteiger partial charge on any atom is 0.269 e. The van der Waals surface area contributed by atoms with E-state index in [9.17, 15) is 14.0 Å². The molecule has 0 spiro atoms. The molecular formula is C22H27FN4O2. The summed E-state index contributed by atoms with van der Waals surface area (Å²) in [5, 5.41) is 21.5. The highest BCUT2D eigenvalue weighted by atomic mass is 19.1. The number of benzene rings is 1. The second kappa shape index (κ2) is 10.5. The third-order valence-corrected chi connectivity index (χ3v) is 4.91. The third-order valence-electron chi connectivity index (χ3n) is 4.91. The molecule has 1 aromatic rings. The summed E-state index contributed by atoms with van der Waals surface area (Å²) >= 11 is 0. The van der Waals surface area contributed by atoms with E-state index in [1.54, 1.807) is 0 Å². The standard InChI is InChI=1S/C22H27FN4O2/c1-3-11-26-21(28)15-12-17(14(2)18(23)13-15)19(24)9-10-20(25)22(29)27-16-7-5-4-6-8-16/h3,9-10,12-13,16,24-25H,1,4-8,11H2,2H3,(H,26,28)(H,27,29)/b10-9-,24-19?,25-20?. The summed E-state index contributed by atoms with van der Waals surface area (Å²) < 4.78 is 14.2. The van der Waals surface area contributed by atoms with Gasteiger partial charge in [0, 0.05) is 23.7 Å². The molecular weight excluding hydrogens is 371 g/mol. The van der Waals surface area contributed by atoms with Crippen molar-refractivity contribution < 1.29 is 14.0 Å². The predicted molar refractivity (Wildman–Crippen MR) is 112 cm³/mol. The molecule has 6 nitrogen and oxygen atoms in total. The van der Waals surface area contributed by atoms with Gasteiger partial charge in [0.05, 0.1) is 5.71 Å². The van der Waals surface area contributed by atoms with E-state index in [2.05, 4.69) is 17.2 Å². The monoisotopic (exact) mass is 398 g/mol. The minimum Gasteiger partial charge on any atom is -0.349 e. The van der Waals surface area contributed by atoms with Gasteiger partial charge in [-0.05, 0) is 49.6 Å². The second-order valence-electron chi connectivity index (χ2n) is 7.10. The summed E-state index contributed by atoms with van der Waals surface area (Å²) in [7, 11) is 0. The maximum absolute atomic E-state index is 14.2. The van der Waals surface area contributed by atoms with Crippen molar-refractivity contribution in [2.24, 2.45) is 0 Å². The molecule has 0 heterocycles. The third kappa shape index (κ3) is 6.20. The number of amides is 2. The molecule has 2 amide bonds. The normalized spacial score (nSPS) is 14.4. The van der Waals surface area contributed by atoms with Crippen LogP contribution in [0.3, 0.4) is 0 Å². The lowest BCUT2D eigenvalue weighted by molar-refractivity contribution is -0.115. The van der Waals surface area contributed by atoms with E-state index in [0.717, 1.165) is 31.7 Å². The summed E-state index contributed by atoms with van der Waals surface area (Å²) in [5.41, 5.74) is 0.185. The van der Waals surface area contributed by atoms with Crippen molar-refractivity contribution in [2.75, 3.05) is 6.54 Å². The lowest BCUT2D eigenvalue weighted by atomic mass is 9.95. The Morgan fingerprint density at radius 2 is 1.90 bits per heavy atom. The number of hydrogen-bond donors (Lipinski definition) is 4. The van der Waals surface area contributed by atoms with Crippen LogP contribution in [0.25, 0.3) is 0 Å². The SMILES string of the molecule is C=CCNC(=O)c1cc(F)c(C)c(C(=N)/C=C\C(=N)C(=O)NC2CCCCC2)c1. The Morgan fingerprint density at radius 3 is 2.55 bits per heavy atom. The largest absolute Gasteiger partial charge is 0.349 e. The highest BCUT2D eigenvalue weighted by Crippen LogP contribution is 2.18. The van der Waals surface area contributed by atoms with Crippen LogP contribution in [0.1, 0.15) is 53.6 Å². The number of carbonyl (C=O) groups is 2. The number of carbonyl (C=O) groups excluding carboxylic acids is 2. The average molecular weight is 398 g/mol. The first-order valence-corrected chi connectivity index (χ1v) is 9.69. The first-order valence-electron chi connectivity index (χ1n) is 9.69. The van der Waals surface area contributed by atoms with Crippen molar-refractivity contribution in [3.8, 4) is 0 Å². The van der Waals surface area contributed by atoms with Crippen LogP contribution in [0.4, 0.5) is 4.39 Å². The number of rotatable bonds is 8. The summed E-state index contributed by atoms with van der Waals surface area (Å²) in [6.07, 6.45) is 9.15. The zero-order chi connectivity index (χ0) is 21.4. The van der Waals surface area contributed by atoms with Gasteiger partial charge in [-0.1, -0.05) is 25.3 Å². The topological polar surface area (TPSA) is 106 Å². The highest BCUT2D eigenvalue weighted by Gasteiger charge is 2.18. The van der Waals surface area contributed by atoms with Gasteiger partial charge in [0.15, 0.2) is 0 Å². The van der Waals surface area contributed by atoms with Crippen LogP contribution in [-0.4, -0.2) is 35.8 Å². The average Bonchev–Trinajstić information content (AvgIpc) is 2.72. The molecule has 1 aromatic carbocycles. The number of allylic oxidation sites excluding steroid dienone is 1. The van der Waals surface area contributed by atoms with E-state index in [0.29, 0.717) is 0 Å². The molecule has 1 aliphatic carbocycles. The summed E-state index contributed by atoms with van der Waals surface area (Å²) in [6, 6.07) is 2.63. The summed E-state index contributed by atoms with van der Waals surface area (Å²) in [6.45, 7) is 5.27. The highest BCUT2D eigenvalue weighted by molar-refractivity contribution is 6.42. The maximum atomic E-state index is 14.2. The molecule has 0 saturated heterocycles. The lowest BCUT2D eigenvalue weighted by Crippen LogP contribution is -2.39. The molecule has 0 bridgehead atoms. The van der Waals surface area contributed by atoms with Gasteiger partial charge in [0.25, 0.3) is 11.8 Å². The Balaban J connectivity index is 2.09. The van der Waals surface area contributed by atoms with Crippen LogP contribution in [0, 0.1) is 23.6 Å². The van der Waals surface area contributed by atoms with Crippen LogP contribution in [-0.2, 0) is 4.79 Å². The van der Waals surface area contributed by atoms with Crippen molar-refractivity contribution in [3.63, 3.8) is 0 Å². The molecule has 4 N–H and O–H groups in total. The molecule has 2 rings (SSSR count). The molecule has 1 aliphatic rings. The van der Waals surface area contributed by atoms with Gasteiger partial charge >= 0.3 is 0 Å². The Kier molecular flexibility index (Phi) is 8.00. The van der Waals surface area contributed by atoms with E-state index in [1.165, 1.54) is 37.6 Å². The van der Waals surface area contributed by atoms with Crippen LogP contribution in [0.5, 0.6) is 0 Å². The van der Waals surface area contributed by atoms with Crippen molar-refractivity contribution in [2.45, 2.75) is 45.1 Å². The van der Waals surface area contributed by atoms with Crippen molar-refractivity contribution in [1.29, 1.82) is 10.8 Å². The van der Waals surface area contributed by atoms with E-state index in [4.69, 9.17) is 10.8 Å². The first kappa shape index (κ1) is 22.2. The van der Waals surface area contributed by atoms with E-state index < -0.39 is 17.6 Å². The van der Waals surface area contributed by atoms with Crippen molar-refractivity contribution in [3.05, 3.63) is 59.4 Å². The number of hydrogen-bond acceptors (Lipinski definition) is 4. The van der Waals surface area contributed by atoms with Crippen LogP contribution in [0.2, 0.25) is 0 Å². The fourth-order valence-electron chi connectivity index (χ4n) is 3.20. The van der Waals surface area contributed by atoms with Gasteiger partial charge in [-0.2, -0.15) is 0 Å². The second-order valence-corrected chi connectivity index (χ2v) is 7.10. The van der Waals surface area contributed by atoms with E-state index in [-0.39, 0.29) is 40.7 Å².